The van der Waals surface area contributed by atoms with Gasteiger partial charge in [0.25, 0.3) is 5.92 Å². The van der Waals surface area contributed by atoms with Crippen LogP contribution in [0.3, 0.4) is 0 Å². The molecule has 0 aliphatic heterocycles. The van der Waals surface area contributed by atoms with Gasteiger partial charge in [0, 0.05) is 19.7 Å². The topological polar surface area (TPSA) is 15.3 Å². The summed E-state index contributed by atoms with van der Waals surface area (Å²) in [6.45, 7) is -0.429. The number of nitrogens with zero attached hydrogens (tertiary/aromatic N) is 1. The highest BCUT2D eigenvalue weighted by atomic mass is 19.3. The third-order valence-corrected chi connectivity index (χ3v) is 3.08. The van der Waals surface area contributed by atoms with Crippen molar-refractivity contribution in [2.75, 3.05) is 30.9 Å². The summed E-state index contributed by atoms with van der Waals surface area (Å²) in [6, 6.07) is 15.3. The van der Waals surface area contributed by atoms with Crippen LogP contribution in [-0.4, -0.2) is 20.6 Å². The summed E-state index contributed by atoms with van der Waals surface area (Å²) in [7, 11) is 3.77. The lowest BCUT2D eigenvalue weighted by molar-refractivity contribution is 0.0106. The summed E-state index contributed by atoms with van der Waals surface area (Å²) in [5, 5.41) is 2.84. The molecule has 0 unspecified atom stereocenters. The lowest BCUT2D eigenvalue weighted by Crippen LogP contribution is -2.25. The van der Waals surface area contributed by atoms with E-state index in [1.807, 2.05) is 37.2 Å². The van der Waals surface area contributed by atoms with E-state index in [9.17, 15) is 8.78 Å². The normalized spacial score (nSPS) is 11.2. The Bertz CT molecular complexity index is 553. The molecule has 0 aliphatic rings. The molecule has 4 heteroatoms. The fourth-order valence-electron chi connectivity index (χ4n) is 2.00. The highest BCUT2D eigenvalue weighted by Gasteiger charge is 2.31. The minimum atomic E-state index is -2.90. The Morgan fingerprint density at radius 3 is 2.20 bits per heavy atom. The highest BCUT2D eigenvalue weighted by Crippen LogP contribution is 2.30. The van der Waals surface area contributed by atoms with Gasteiger partial charge in [-0.3, -0.25) is 0 Å². The van der Waals surface area contributed by atoms with Crippen LogP contribution >= 0.6 is 0 Å². The van der Waals surface area contributed by atoms with Crippen LogP contribution < -0.4 is 10.2 Å². The number of anilines is 2. The molecule has 0 radical (unpaired) electrons. The SMILES string of the molecule is CN(C)c1ccccc1NCC(F)(F)c1ccccc1. The molecule has 2 nitrogen and oxygen atoms in total. The van der Waals surface area contributed by atoms with E-state index in [1.54, 1.807) is 24.3 Å². The van der Waals surface area contributed by atoms with Crippen molar-refractivity contribution >= 4 is 11.4 Å². The molecule has 106 valence electrons. The molecule has 0 amide bonds. The molecule has 20 heavy (non-hydrogen) atoms. The zero-order valence-corrected chi connectivity index (χ0v) is 11.6. The van der Waals surface area contributed by atoms with E-state index in [1.165, 1.54) is 12.1 Å². The second kappa shape index (κ2) is 5.90. The predicted octanol–water partition coefficient (Wildman–Crippen LogP) is 3.96. The molecule has 1 N–H and O–H groups in total. The number of hydrogen-bond donors (Lipinski definition) is 1. The number of rotatable bonds is 5. The predicted molar refractivity (Wildman–Crippen MR) is 79.6 cm³/mol. The van der Waals surface area contributed by atoms with Crippen molar-refractivity contribution < 1.29 is 8.78 Å². The number of benzene rings is 2. The van der Waals surface area contributed by atoms with E-state index in [-0.39, 0.29) is 5.56 Å². The number of hydrogen-bond acceptors (Lipinski definition) is 2. The van der Waals surface area contributed by atoms with Crippen molar-refractivity contribution in [1.29, 1.82) is 0 Å². The summed E-state index contributed by atoms with van der Waals surface area (Å²) in [5.41, 5.74) is 1.61. The van der Waals surface area contributed by atoms with E-state index >= 15 is 0 Å². The van der Waals surface area contributed by atoms with E-state index in [0.717, 1.165) is 5.69 Å². The zero-order valence-electron chi connectivity index (χ0n) is 11.6. The van der Waals surface area contributed by atoms with Gasteiger partial charge in [-0.25, -0.2) is 0 Å². The van der Waals surface area contributed by atoms with Crippen LogP contribution in [-0.2, 0) is 5.92 Å². The van der Waals surface area contributed by atoms with Gasteiger partial charge in [-0.2, -0.15) is 8.78 Å². The second-order valence-electron chi connectivity index (χ2n) is 4.84. The maximum absolute atomic E-state index is 14.1. The molecule has 0 atom stereocenters. The smallest absolute Gasteiger partial charge is 0.290 e. The lowest BCUT2D eigenvalue weighted by atomic mass is 10.1. The molecule has 0 bridgehead atoms. The highest BCUT2D eigenvalue weighted by molar-refractivity contribution is 5.69. The third kappa shape index (κ3) is 3.26. The molecule has 0 spiro atoms. The van der Waals surface area contributed by atoms with Crippen LogP contribution in [0.1, 0.15) is 5.56 Å². The molecule has 0 saturated heterocycles. The Hall–Kier alpha value is -2.10. The summed E-state index contributed by atoms with van der Waals surface area (Å²) >= 11 is 0. The van der Waals surface area contributed by atoms with Crippen LogP contribution in [0.2, 0.25) is 0 Å². The van der Waals surface area contributed by atoms with Gasteiger partial charge in [-0.1, -0.05) is 42.5 Å². The number of nitrogens with one attached hydrogen (secondary N) is 1. The van der Waals surface area contributed by atoms with E-state index in [0.29, 0.717) is 5.69 Å². The molecule has 2 aromatic rings. The summed E-state index contributed by atoms with van der Waals surface area (Å²) < 4.78 is 28.2. The molecule has 2 aromatic carbocycles. The Morgan fingerprint density at radius 1 is 0.950 bits per heavy atom. The monoisotopic (exact) mass is 276 g/mol. The Kier molecular flexibility index (Phi) is 4.23. The van der Waals surface area contributed by atoms with Gasteiger partial charge < -0.3 is 10.2 Å². The number of halogens is 2. The van der Waals surface area contributed by atoms with Crippen molar-refractivity contribution in [3.8, 4) is 0 Å². The maximum Gasteiger partial charge on any atom is 0.290 e. The van der Waals surface area contributed by atoms with Gasteiger partial charge in [0.2, 0.25) is 0 Å². The Morgan fingerprint density at radius 2 is 1.55 bits per heavy atom. The van der Waals surface area contributed by atoms with Crippen LogP contribution in [0.4, 0.5) is 20.2 Å². The molecule has 2 rings (SSSR count). The van der Waals surface area contributed by atoms with Crippen LogP contribution in [0.15, 0.2) is 54.6 Å². The molecular formula is C16H18F2N2. The minimum absolute atomic E-state index is 0.0230. The largest absolute Gasteiger partial charge is 0.377 e. The van der Waals surface area contributed by atoms with Crippen molar-refractivity contribution in [2.45, 2.75) is 5.92 Å². The second-order valence-corrected chi connectivity index (χ2v) is 4.84. The number of alkyl halides is 2. The molecule has 0 aliphatic carbocycles. The summed E-state index contributed by atoms with van der Waals surface area (Å²) in [6.07, 6.45) is 0. The Balaban J connectivity index is 2.13. The van der Waals surface area contributed by atoms with Crippen molar-refractivity contribution in [1.82, 2.24) is 0 Å². The van der Waals surface area contributed by atoms with Crippen molar-refractivity contribution in [2.24, 2.45) is 0 Å². The maximum atomic E-state index is 14.1. The van der Waals surface area contributed by atoms with Gasteiger partial charge in [0.1, 0.15) is 0 Å². The van der Waals surface area contributed by atoms with Crippen molar-refractivity contribution in [3.63, 3.8) is 0 Å². The third-order valence-electron chi connectivity index (χ3n) is 3.08. The first-order chi connectivity index (χ1) is 9.50. The average molecular weight is 276 g/mol. The Labute approximate surface area is 118 Å². The van der Waals surface area contributed by atoms with Gasteiger partial charge in [-0.05, 0) is 12.1 Å². The van der Waals surface area contributed by atoms with Crippen molar-refractivity contribution in [3.05, 3.63) is 60.2 Å². The summed E-state index contributed by atoms with van der Waals surface area (Å²) in [5.74, 6) is -2.90. The molecule has 0 fully saturated rings. The van der Waals surface area contributed by atoms with Crippen LogP contribution in [0.5, 0.6) is 0 Å². The molecular weight excluding hydrogens is 258 g/mol. The molecule has 0 heterocycles. The molecule has 0 saturated carbocycles. The quantitative estimate of drug-likeness (QED) is 0.889. The average Bonchev–Trinajstić information content (AvgIpc) is 2.46. The minimum Gasteiger partial charge on any atom is -0.377 e. The van der Waals surface area contributed by atoms with Gasteiger partial charge in [-0.15, -0.1) is 0 Å². The van der Waals surface area contributed by atoms with Gasteiger partial charge in [0.15, 0.2) is 0 Å². The van der Waals surface area contributed by atoms with Crippen LogP contribution in [0.25, 0.3) is 0 Å². The fraction of sp³-hybridized carbons (Fsp3) is 0.250. The van der Waals surface area contributed by atoms with E-state index in [2.05, 4.69) is 5.32 Å². The fourth-order valence-corrected chi connectivity index (χ4v) is 2.00. The first-order valence-electron chi connectivity index (χ1n) is 6.44. The van der Waals surface area contributed by atoms with Gasteiger partial charge >= 0.3 is 0 Å². The van der Waals surface area contributed by atoms with Crippen LogP contribution in [0, 0.1) is 0 Å². The molecule has 0 aromatic heterocycles. The first-order valence-corrected chi connectivity index (χ1v) is 6.44. The van der Waals surface area contributed by atoms with E-state index < -0.39 is 12.5 Å². The first kappa shape index (κ1) is 14.3. The summed E-state index contributed by atoms with van der Waals surface area (Å²) in [4.78, 5) is 1.89. The standard InChI is InChI=1S/C16H18F2N2/c1-20(2)15-11-7-6-10-14(15)19-12-16(17,18)13-8-4-3-5-9-13/h3-11,19H,12H2,1-2H3. The van der Waals surface area contributed by atoms with E-state index in [4.69, 9.17) is 0 Å². The number of para-hydroxylation sites is 2. The van der Waals surface area contributed by atoms with Gasteiger partial charge in [0.05, 0.1) is 17.9 Å². The lowest BCUT2D eigenvalue weighted by Gasteiger charge is -2.22. The zero-order chi connectivity index (χ0) is 14.6.